The molecule has 1 atom stereocenters. The number of amides is 1. The van der Waals surface area contributed by atoms with Crippen molar-refractivity contribution in [1.29, 1.82) is 0 Å². The molecule has 0 spiro atoms. The zero-order valence-corrected chi connectivity index (χ0v) is 13.9. The fourth-order valence-electron chi connectivity index (χ4n) is 2.56. The second-order valence-electron chi connectivity index (χ2n) is 5.34. The van der Waals surface area contributed by atoms with Gasteiger partial charge in [0.15, 0.2) is 0 Å². The average molecular weight is 370 g/mol. The average Bonchev–Trinajstić information content (AvgIpc) is 2.98. The van der Waals surface area contributed by atoms with Crippen LogP contribution in [0.15, 0.2) is 28.7 Å². The second kappa shape index (κ2) is 8.17. The normalized spacial score (nSPS) is 17.5. The van der Waals surface area contributed by atoms with Crippen LogP contribution in [0.3, 0.4) is 0 Å². The van der Waals surface area contributed by atoms with E-state index in [1.165, 1.54) is 4.90 Å². The van der Waals surface area contributed by atoms with Crippen molar-refractivity contribution < 1.29 is 19.4 Å². The first-order valence-corrected chi connectivity index (χ1v) is 8.28. The molecule has 1 amide bonds. The van der Waals surface area contributed by atoms with E-state index in [0.29, 0.717) is 32.4 Å². The number of carbonyl (C=O) groups excluding carboxylic acids is 1. The van der Waals surface area contributed by atoms with Crippen LogP contribution < -0.4 is 4.74 Å². The molecule has 1 fully saturated rings. The highest BCUT2D eigenvalue weighted by molar-refractivity contribution is 9.10. The molecule has 0 aliphatic carbocycles. The molecule has 0 bridgehead atoms. The molecule has 1 aliphatic rings. The first kappa shape index (κ1) is 16.8. The van der Waals surface area contributed by atoms with Crippen molar-refractivity contribution in [3.05, 3.63) is 28.7 Å². The lowest BCUT2D eigenvalue weighted by molar-refractivity contribution is -0.148. The lowest BCUT2D eigenvalue weighted by Crippen LogP contribution is -2.40. The van der Waals surface area contributed by atoms with E-state index in [0.717, 1.165) is 23.1 Å². The van der Waals surface area contributed by atoms with Gasteiger partial charge in [-0.1, -0.05) is 15.9 Å². The van der Waals surface area contributed by atoms with Crippen molar-refractivity contribution in [2.24, 2.45) is 0 Å². The number of hydrogen-bond donors (Lipinski definition) is 1. The van der Waals surface area contributed by atoms with E-state index >= 15 is 0 Å². The maximum absolute atomic E-state index is 12.0. The van der Waals surface area contributed by atoms with E-state index in [4.69, 9.17) is 9.84 Å². The monoisotopic (exact) mass is 369 g/mol. The molecule has 1 N–H and O–H groups in total. The summed E-state index contributed by atoms with van der Waals surface area (Å²) >= 11 is 3.36. The first-order valence-electron chi connectivity index (χ1n) is 7.48. The summed E-state index contributed by atoms with van der Waals surface area (Å²) in [7, 11) is 0. The third-order valence-corrected chi connectivity index (χ3v) is 4.25. The molecule has 0 saturated carbocycles. The quantitative estimate of drug-likeness (QED) is 0.750. The number of carboxylic acid groups (broad SMARTS) is 1. The fourth-order valence-corrected chi connectivity index (χ4v) is 2.83. The van der Waals surface area contributed by atoms with Crippen molar-refractivity contribution in [2.45, 2.75) is 38.1 Å². The minimum atomic E-state index is -0.899. The topological polar surface area (TPSA) is 66.8 Å². The predicted octanol–water partition coefficient (Wildman–Crippen LogP) is 3.07. The van der Waals surface area contributed by atoms with Crippen LogP contribution in [-0.4, -0.2) is 41.1 Å². The fraction of sp³-hybridized carbons (Fsp3) is 0.500. The van der Waals surface area contributed by atoms with Gasteiger partial charge in [0.2, 0.25) is 5.91 Å². The Hall–Kier alpha value is -1.56. The highest BCUT2D eigenvalue weighted by Gasteiger charge is 2.33. The number of unbranched alkanes of at least 4 members (excludes halogenated alkanes) is 1. The molecule has 5 nitrogen and oxygen atoms in total. The first-order chi connectivity index (χ1) is 10.6. The standard InChI is InChI=1S/C16H20BrNO4/c17-12-6-8-13(9-7-12)22-11-2-1-5-15(19)18-10-3-4-14(18)16(20)21/h6-9,14H,1-5,10-11H2,(H,20,21)/t14-/m1/s1. The smallest absolute Gasteiger partial charge is 0.326 e. The third-order valence-electron chi connectivity index (χ3n) is 3.73. The van der Waals surface area contributed by atoms with E-state index in [1.807, 2.05) is 24.3 Å². The Bertz CT molecular complexity index is 517. The van der Waals surface area contributed by atoms with Crippen molar-refractivity contribution in [2.75, 3.05) is 13.2 Å². The lowest BCUT2D eigenvalue weighted by Gasteiger charge is -2.21. The molecule has 6 heteroatoms. The molecule has 1 aliphatic heterocycles. The van der Waals surface area contributed by atoms with Crippen molar-refractivity contribution in [3.8, 4) is 5.75 Å². The molecule has 0 aromatic heterocycles. The van der Waals surface area contributed by atoms with Gasteiger partial charge in [-0.15, -0.1) is 0 Å². The number of halogens is 1. The summed E-state index contributed by atoms with van der Waals surface area (Å²) in [6.07, 6.45) is 3.20. The minimum Gasteiger partial charge on any atom is -0.494 e. The van der Waals surface area contributed by atoms with Gasteiger partial charge in [0.1, 0.15) is 11.8 Å². The Balaban J connectivity index is 1.65. The number of carbonyl (C=O) groups is 2. The lowest BCUT2D eigenvalue weighted by atomic mass is 10.2. The van der Waals surface area contributed by atoms with Crippen LogP contribution in [0.25, 0.3) is 0 Å². The second-order valence-corrected chi connectivity index (χ2v) is 6.26. The Morgan fingerprint density at radius 1 is 1.27 bits per heavy atom. The largest absolute Gasteiger partial charge is 0.494 e. The van der Waals surface area contributed by atoms with Gasteiger partial charge in [0.25, 0.3) is 0 Å². The summed E-state index contributed by atoms with van der Waals surface area (Å²) in [6.45, 7) is 1.11. The maximum Gasteiger partial charge on any atom is 0.326 e. The summed E-state index contributed by atoms with van der Waals surface area (Å²) in [6, 6.07) is 6.97. The zero-order chi connectivity index (χ0) is 15.9. The van der Waals surface area contributed by atoms with Crippen LogP contribution in [0.2, 0.25) is 0 Å². The van der Waals surface area contributed by atoms with Crippen LogP contribution in [0.4, 0.5) is 0 Å². The summed E-state index contributed by atoms with van der Waals surface area (Å²) in [5.74, 6) is -0.155. The van der Waals surface area contributed by atoms with Crippen LogP contribution in [0.1, 0.15) is 32.1 Å². The molecule has 1 heterocycles. The summed E-state index contributed by atoms with van der Waals surface area (Å²) < 4.78 is 6.59. The SMILES string of the molecule is O=C(O)[C@H]1CCCN1C(=O)CCCCOc1ccc(Br)cc1. The molecular formula is C16H20BrNO4. The Kier molecular flexibility index (Phi) is 6.24. The van der Waals surface area contributed by atoms with E-state index in [1.54, 1.807) is 0 Å². The Morgan fingerprint density at radius 2 is 2.00 bits per heavy atom. The summed E-state index contributed by atoms with van der Waals surface area (Å²) in [4.78, 5) is 24.6. The van der Waals surface area contributed by atoms with Gasteiger partial charge in [-0.3, -0.25) is 4.79 Å². The number of nitrogens with zero attached hydrogens (tertiary/aromatic N) is 1. The highest BCUT2D eigenvalue weighted by atomic mass is 79.9. The molecule has 1 saturated heterocycles. The molecule has 0 radical (unpaired) electrons. The maximum atomic E-state index is 12.0. The third kappa shape index (κ3) is 4.73. The van der Waals surface area contributed by atoms with Crippen LogP contribution >= 0.6 is 15.9 Å². The number of benzene rings is 1. The highest BCUT2D eigenvalue weighted by Crippen LogP contribution is 2.19. The number of hydrogen-bond acceptors (Lipinski definition) is 3. The van der Waals surface area contributed by atoms with Gasteiger partial charge in [-0.25, -0.2) is 4.79 Å². The van der Waals surface area contributed by atoms with E-state index in [9.17, 15) is 9.59 Å². The molecule has 0 unspecified atom stereocenters. The minimum absolute atomic E-state index is 0.0615. The number of aliphatic carboxylic acids is 1. The van der Waals surface area contributed by atoms with E-state index < -0.39 is 12.0 Å². The van der Waals surface area contributed by atoms with Crippen molar-refractivity contribution in [1.82, 2.24) is 4.90 Å². The van der Waals surface area contributed by atoms with E-state index in [-0.39, 0.29) is 5.91 Å². The zero-order valence-electron chi connectivity index (χ0n) is 12.3. The van der Waals surface area contributed by atoms with E-state index in [2.05, 4.69) is 15.9 Å². The van der Waals surface area contributed by atoms with Crippen LogP contribution in [0.5, 0.6) is 5.75 Å². The van der Waals surface area contributed by atoms with Gasteiger partial charge < -0.3 is 14.7 Å². The number of ether oxygens (including phenoxy) is 1. The molecule has 120 valence electrons. The molecule has 1 aromatic carbocycles. The van der Waals surface area contributed by atoms with Gasteiger partial charge >= 0.3 is 5.97 Å². The molecular weight excluding hydrogens is 350 g/mol. The predicted molar refractivity (Wildman–Crippen MR) is 85.9 cm³/mol. The van der Waals surface area contributed by atoms with Crippen molar-refractivity contribution >= 4 is 27.8 Å². The van der Waals surface area contributed by atoms with Gasteiger partial charge in [-0.2, -0.15) is 0 Å². The molecule has 2 rings (SSSR count). The molecule has 1 aromatic rings. The Labute approximate surface area is 138 Å². The van der Waals surface area contributed by atoms with Crippen molar-refractivity contribution in [3.63, 3.8) is 0 Å². The summed E-state index contributed by atoms with van der Waals surface area (Å²) in [5, 5.41) is 9.07. The summed E-state index contributed by atoms with van der Waals surface area (Å²) in [5.41, 5.74) is 0. The molecule has 22 heavy (non-hydrogen) atoms. The van der Waals surface area contributed by atoms with Gasteiger partial charge in [-0.05, 0) is 49.9 Å². The number of rotatable bonds is 7. The van der Waals surface area contributed by atoms with Gasteiger partial charge in [0, 0.05) is 17.4 Å². The van der Waals surface area contributed by atoms with Crippen LogP contribution in [-0.2, 0) is 9.59 Å². The number of carboxylic acids is 1. The Morgan fingerprint density at radius 3 is 2.68 bits per heavy atom. The van der Waals surface area contributed by atoms with Gasteiger partial charge in [0.05, 0.1) is 6.61 Å². The van der Waals surface area contributed by atoms with Crippen LogP contribution in [0, 0.1) is 0 Å². The number of likely N-dealkylation sites (tertiary alicyclic amines) is 1.